The molecule has 5 atom stereocenters. The molecule has 3 heteroatoms. The summed E-state index contributed by atoms with van der Waals surface area (Å²) in [5.41, 5.74) is 0.891. The fraction of sp³-hybridized carbons (Fsp3) is 0.750. The van der Waals surface area contributed by atoms with Crippen LogP contribution >= 0.6 is 0 Å². The average Bonchev–Trinajstić information content (AvgIpc) is 2.84. The summed E-state index contributed by atoms with van der Waals surface area (Å²) in [7, 11) is 0. The van der Waals surface area contributed by atoms with Crippen LogP contribution in [0.1, 0.15) is 64.7 Å². The molecule has 4 aliphatic rings. The summed E-state index contributed by atoms with van der Waals surface area (Å²) in [5, 5.41) is 0. The first kappa shape index (κ1) is 15.3. The number of hydrogen-bond acceptors (Lipinski definition) is 3. The van der Waals surface area contributed by atoms with Crippen molar-refractivity contribution in [1.29, 1.82) is 0 Å². The zero-order valence-electron chi connectivity index (χ0n) is 14.0. The molecule has 0 aliphatic heterocycles. The third-order valence-electron chi connectivity index (χ3n) is 7.21. The molecule has 0 amide bonds. The first-order chi connectivity index (χ1) is 11.1. The minimum absolute atomic E-state index is 0.0870. The summed E-state index contributed by atoms with van der Waals surface area (Å²) in [5.74, 6) is 2.07. The normalized spacial score (nSPS) is 42.8. The van der Waals surface area contributed by atoms with Crippen LogP contribution in [0.3, 0.4) is 0 Å². The van der Waals surface area contributed by atoms with Gasteiger partial charge in [0, 0.05) is 30.6 Å². The smallest absolute Gasteiger partial charge is 0.155 e. The van der Waals surface area contributed by atoms with E-state index in [1.165, 1.54) is 5.57 Å². The van der Waals surface area contributed by atoms with E-state index >= 15 is 0 Å². The quantitative estimate of drug-likeness (QED) is 0.781. The Labute approximate surface area is 137 Å². The highest BCUT2D eigenvalue weighted by Gasteiger charge is 2.60. The van der Waals surface area contributed by atoms with Crippen LogP contribution in [0.2, 0.25) is 0 Å². The van der Waals surface area contributed by atoms with Crippen LogP contribution in [-0.2, 0) is 14.4 Å². The molecule has 0 radical (unpaired) electrons. The van der Waals surface area contributed by atoms with E-state index in [4.69, 9.17) is 0 Å². The van der Waals surface area contributed by atoms with Gasteiger partial charge in [0.15, 0.2) is 5.78 Å². The van der Waals surface area contributed by atoms with Gasteiger partial charge in [-0.2, -0.15) is 0 Å². The number of Topliss-reactive ketones (excluding diaryl/α,β-unsaturated/α-hetero) is 2. The van der Waals surface area contributed by atoms with Crippen LogP contribution < -0.4 is 0 Å². The Hall–Kier alpha value is -1.25. The van der Waals surface area contributed by atoms with Crippen molar-refractivity contribution >= 4 is 17.3 Å². The molecule has 23 heavy (non-hydrogen) atoms. The Balaban J connectivity index is 1.70. The largest absolute Gasteiger partial charge is 0.299 e. The average molecular weight is 314 g/mol. The molecule has 0 heterocycles. The highest BCUT2D eigenvalue weighted by Crippen LogP contribution is 2.61. The number of allylic oxidation sites excluding steroid dienone is 1. The number of fused-ring (bicyclic) bond motifs is 5. The van der Waals surface area contributed by atoms with E-state index in [1.54, 1.807) is 0 Å². The number of rotatable bonds is 2. The van der Waals surface area contributed by atoms with Gasteiger partial charge in [0.2, 0.25) is 0 Å². The fourth-order valence-corrected chi connectivity index (χ4v) is 6.42. The molecular weight excluding hydrogens is 288 g/mol. The summed E-state index contributed by atoms with van der Waals surface area (Å²) in [6.07, 6.45) is 9.22. The van der Waals surface area contributed by atoms with Crippen molar-refractivity contribution in [3.05, 3.63) is 11.6 Å². The van der Waals surface area contributed by atoms with Gasteiger partial charge >= 0.3 is 0 Å². The van der Waals surface area contributed by atoms with E-state index in [0.29, 0.717) is 42.7 Å². The van der Waals surface area contributed by atoms with Crippen LogP contribution in [0.5, 0.6) is 0 Å². The van der Waals surface area contributed by atoms with E-state index in [0.717, 1.165) is 38.5 Å². The van der Waals surface area contributed by atoms with Crippen molar-refractivity contribution in [2.75, 3.05) is 0 Å². The zero-order chi connectivity index (χ0) is 16.2. The van der Waals surface area contributed by atoms with E-state index < -0.39 is 0 Å². The van der Waals surface area contributed by atoms with Crippen molar-refractivity contribution in [3.8, 4) is 0 Å². The third kappa shape index (κ3) is 2.11. The molecule has 124 valence electrons. The minimum atomic E-state index is -0.335. The molecule has 0 spiro atoms. The van der Waals surface area contributed by atoms with Crippen molar-refractivity contribution < 1.29 is 14.4 Å². The lowest BCUT2D eigenvalue weighted by molar-refractivity contribution is -0.148. The number of carbonyl (C=O) groups excluding carboxylic acids is 3. The van der Waals surface area contributed by atoms with Gasteiger partial charge in [-0.1, -0.05) is 18.9 Å². The number of hydrogen-bond donors (Lipinski definition) is 0. The highest BCUT2D eigenvalue weighted by molar-refractivity contribution is 5.96. The zero-order valence-corrected chi connectivity index (χ0v) is 14.0. The maximum absolute atomic E-state index is 13.1. The second kappa shape index (κ2) is 5.39. The maximum atomic E-state index is 13.1. The van der Waals surface area contributed by atoms with Crippen LogP contribution in [0.25, 0.3) is 0 Å². The monoisotopic (exact) mass is 314 g/mol. The molecule has 4 rings (SSSR count). The first-order valence-electron chi connectivity index (χ1n) is 9.36. The van der Waals surface area contributed by atoms with Gasteiger partial charge in [-0.05, 0) is 55.9 Å². The predicted octanol–water partition coefficient (Wildman–Crippen LogP) is 3.66. The summed E-state index contributed by atoms with van der Waals surface area (Å²) in [6.45, 7) is 2.13. The molecule has 0 bridgehead atoms. The molecule has 0 aromatic heterocycles. The lowest BCUT2D eigenvalue weighted by Crippen LogP contribution is -2.52. The molecule has 0 aromatic rings. The van der Waals surface area contributed by atoms with E-state index in [2.05, 4.69) is 6.92 Å². The van der Waals surface area contributed by atoms with Crippen LogP contribution in [0.15, 0.2) is 11.6 Å². The Morgan fingerprint density at radius 2 is 1.91 bits per heavy atom. The van der Waals surface area contributed by atoms with Gasteiger partial charge in [0.05, 0.1) is 0 Å². The van der Waals surface area contributed by atoms with Crippen molar-refractivity contribution in [3.63, 3.8) is 0 Å². The van der Waals surface area contributed by atoms with Gasteiger partial charge in [-0.3, -0.25) is 14.4 Å². The summed E-state index contributed by atoms with van der Waals surface area (Å²) in [6, 6.07) is 0. The maximum Gasteiger partial charge on any atom is 0.155 e. The first-order valence-corrected chi connectivity index (χ1v) is 9.36. The summed E-state index contributed by atoms with van der Waals surface area (Å²) >= 11 is 0. The molecule has 0 N–H and O–H groups in total. The lowest BCUT2D eigenvalue weighted by Gasteiger charge is -2.52. The summed E-state index contributed by atoms with van der Waals surface area (Å²) < 4.78 is 0. The van der Waals surface area contributed by atoms with E-state index in [1.807, 2.05) is 6.08 Å². The van der Waals surface area contributed by atoms with Crippen LogP contribution in [-0.4, -0.2) is 17.3 Å². The van der Waals surface area contributed by atoms with Gasteiger partial charge in [-0.15, -0.1) is 0 Å². The lowest BCUT2D eigenvalue weighted by atomic mass is 9.50. The van der Waals surface area contributed by atoms with Crippen LogP contribution in [0.4, 0.5) is 0 Å². The Kier molecular flexibility index (Phi) is 3.58. The van der Waals surface area contributed by atoms with Crippen LogP contribution in [0, 0.1) is 29.1 Å². The molecule has 0 saturated heterocycles. The van der Waals surface area contributed by atoms with E-state index in [-0.39, 0.29) is 23.0 Å². The molecule has 4 unspecified atom stereocenters. The van der Waals surface area contributed by atoms with Crippen molar-refractivity contribution in [2.45, 2.75) is 64.7 Å². The van der Waals surface area contributed by atoms with Crippen molar-refractivity contribution in [1.82, 2.24) is 0 Å². The Bertz CT molecular complexity index is 602. The van der Waals surface area contributed by atoms with Gasteiger partial charge < -0.3 is 0 Å². The predicted molar refractivity (Wildman–Crippen MR) is 86.7 cm³/mol. The fourth-order valence-electron chi connectivity index (χ4n) is 6.42. The summed E-state index contributed by atoms with van der Waals surface area (Å²) in [4.78, 5) is 37.4. The second-order valence-electron chi connectivity index (χ2n) is 8.18. The second-order valence-corrected chi connectivity index (χ2v) is 8.18. The van der Waals surface area contributed by atoms with Gasteiger partial charge in [-0.25, -0.2) is 0 Å². The number of carbonyl (C=O) groups is 3. The standard InChI is InChI=1S/C20H26O3/c1-2-9-20-11-17(22)19-14-6-4-13(21)10-12(14)3-5-15(19)16(20)7-8-18(20)23/h10,14-16,19H,2-9,11H2,1H3/t14?,15?,16?,19?,20-/m0/s1. The van der Waals surface area contributed by atoms with E-state index in [9.17, 15) is 14.4 Å². The highest BCUT2D eigenvalue weighted by atomic mass is 16.1. The minimum Gasteiger partial charge on any atom is -0.299 e. The molecular formula is C20H26O3. The van der Waals surface area contributed by atoms with Gasteiger partial charge in [0.1, 0.15) is 11.6 Å². The number of ketones is 3. The molecule has 3 saturated carbocycles. The molecule has 0 aromatic carbocycles. The Morgan fingerprint density at radius 1 is 1.09 bits per heavy atom. The molecule has 4 aliphatic carbocycles. The van der Waals surface area contributed by atoms with Gasteiger partial charge in [0.25, 0.3) is 0 Å². The SMILES string of the molecule is CCC[C@]12CC(=O)C3C4CCC(=O)C=C4CCC3C1CCC2=O. The molecule has 3 nitrogen and oxygen atoms in total. The van der Waals surface area contributed by atoms with Crippen molar-refractivity contribution in [2.24, 2.45) is 29.1 Å². The Morgan fingerprint density at radius 3 is 2.70 bits per heavy atom. The molecule has 3 fully saturated rings. The third-order valence-corrected chi connectivity index (χ3v) is 7.21. The topological polar surface area (TPSA) is 51.2 Å².